The highest BCUT2D eigenvalue weighted by molar-refractivity contribution is 7.16. The van der Waals surface area contributed by atoms with Crippen LogP contribution < -0.4 is 5.43 Å². The molecule has 3 rings (SSSR count). The lowest BCUT2D eigenvalue weighted by Gasteiger charge is -2.00. The van der Waals surface area contributed by atoms with Crippen molar-refractivity contribution in [1.29, 1.82) is 0 Å². The minimum atomic E-state index is 0.731. The quantitative estimate of drug-likeness (QED) is 0.584. The molecule has 0 aliphatic heterocycles. The summed E-state index contributed by atoms with van der Waals surface area (Å²) in [5.74, 6) is 0.731. The first-order chi connectivity index (χ1) is 9.33. The Balaban J connectivity index is 1.78. The molecule has 0 saturated carbocycles. The molecule has 1 N–H and O–H groups in total. The van der Waals surface area contributed by atoms with Crippen LogP contribution >= 0.6 is 11.3 Å². The van der Waals surface area contributed by atoms with Gasteiger partial charge in [0.25, 0.3) is 0 Å². The molecule has 0 aliphatic carbocycles. The lowest BCUT2D eigenvalue weighted by Crippen LogP contribution is -1.94. The maximum atomic E-state index is 4.21. The summed E-state index contributed by atoms with van der Waals surface area (Å²) in [6.45, 7) is 2.06. The van der Waals surface area contributed by atoms with E-state index in [1.807, 2.05) is 23.6 Å². The molecular weight excluding hydrogens is 256 g/mol. The van der Waals surface area contributed by atoms with Gasteiger partial charge in [-0.2, -0.15) is 5.10 Å². The van der Waals surface area contributed by atoms with Crippen LogP contribution in [-0.4, -0.2) is 16.2 Å². The summed E-state index contributed by atoms with van der Waals surface area (Å²) < 4.78 is 0. The summed E-state index contributed by atoms with van der Waals surface area (Å²) in [5, 5.41) is 7.20. The standard InChI is InChI=1S/C14H12N4S/c1-10-2-4-11(5-3-10)8-17-18-13-12-6-7-19-14(12)16-9-15-13/h2-9H,1H3,(H,15,16,18)/b17-8+. The van der Waals surface area contributed by atoms with Crippen molar-refractivity contribution in [3.63, 3.8) is 0 Å². The van der Waals surface area contributed by atoms with E-state index in [1.54, 1.807) is 23.9 Å². The number of hydrazone groups is 1. The van der Waals surface area contributed by atoms with E-state index >= 15 is 0 Å². The topological polar surface area (TPSA) is 50.2 Å². The van der Waals surface area contributed by atoms with Gasteiger partial charge in [-0.05, 0) is 23.9 Å². The fourth-order valence-electron chi connectivity index (χ4n) is 1.70. The Labute approximate surface area is 114 Å². The predicted molar refractivity (Wildman–Crippen MR) is 79.8 cm³/mol. The normalized spacial score (nSPS) is 11.2. The number of rotatable bonds is 3. The first kappa shape index (κ1) is 11.8. The molecule has 3 aromatic rings. The molecule has 0 saturated heterocycles. The average molecular weight is 268 g/mol. The molecule has 0 atom stereocenters. The SMILES string of the molecule is Cc1ccc(/C=N/Nc2ncnc3sccc23)cc1. The molecule has 0 amide bonds. The summed E-state index contributed by atoms with van der Waals surface area (Å²) in [5.41, 5.74) is 5.25. The third-order valence-electron chi connectivity index (χ3n) is 2.72. The van der Waals surface area contributed by atoms with Gasteiger partial charge in [-0.1, -0.05) is 29.8 Å². The molecule has 1 aromatic carbocycles. The van der Waals surface area contributed by atoms with Crippen LogP contribution in [-0.2, 0) is 0 Å². The van der Waals surface area contributed by atoms with E-state index in [1.165, 1.54) is 5.56 Å². The lowest BCUT2D eigenvalue weighted by atomic mass is 10.2. The van der Waals surface area contributed by atoms with Crippen LogP contribution in [0.2, 0.25) is 0 Å². The lowest BCUT2D eigenvalue weighted by molar-refractivity contribution is 1.19. The van der Waals surface area contributed by atoms with E-state index in [9.17, 15) is 0 Å². The summed E-state index contributed by atoms with van der Waals surface area (Å²) in [7, 11) is 0. The van der Waals surface area contributed by atoms with Crippen LogP contribution in [0.5, 0.6) is 0 Å². The van der Waals surface area contributed by atoms with Gasteiger partial charge in [0, 0.05) is 0 Å². The average Bonchev–Trinajstić information content (AvgIpc) is 2.90. The van der Waals surface area contributed by atoms with E-state index < -0.39 is 0 Å². The van der Waals surface area contributed by atoms with Crippen LogP contribution in [0.25, 0.3) is 10.2 Å². The second-order valence-corrected chi connectivity index (χ2v) is 5.04. The Hall–Kier alpha value is -2.27. The molecule has 0 fully saturated rings. The van der Waals surface area contributed by atoms with E-state index in [0.717, 1.165) is 21.6 Å². The third-order valence-corrected chi connectivity index (χ3v) is 3.54. The zero-order valence-corrected chi connectivity index (χ0v) is 11.2. The van der Waals surface area contributed by atoms with Crippen LogP contribution in [0.1, 0.15) is 11.1 Å². The zero-order valence-electron chi connectivity index (χ0n) is 10.4. The number of hydrogen-bond donors (Lipinski definition) is 1. The maximum Gasteiger partial charge on any atom is 0.158 e. The van der Waals surface area contributed by atoms with E-state index in [4.69, 9.17) is 0 Å². The maximum absolute atomic E-state index is 4.21. The van der Waals surface area contributed by atoms with Crippen molar-refractivity contribution < 1.29 is 0 Å². The molecule has 0 bridgehead atoms. The highest BCUT2D eigenvalue weighted by Crippen LogP contribution is 2.23. The number of aromatic nitrogens is 2. The number of nitrogens with zero attached hydrogens (tertiary/aromatic N) is 3. The molecular formula is C14H12N4S. The minimum Gasteiger partial charge on any atom is -0.261 e. The molecule has 2 heterocycles. The predicted octanol–water partition coefficient (Wildman–Crippen LogP) is 3.45. The second-order valence-electron chi connectivity index (χ2n) is 4.14. The number of nitrogens with one attached hydrogen (secondary N) is 1. The van der Waals surface area contributed by atoms with Crippen molar-refractivity contribution in [3.05, 3.63) is 53.2 Å². The van der Waals surface area contributed by atoms with Gasteiger partial charge in [-0.15, -0.1) is 11.3 Å². The van der Waals surface area contributed by atoms with Crippen molar-refractivity contribution in [1.82, 2.24) is 9.97 Å². The minimum absolute atomic E-state index is 0.731. The first-order valence-corrected chi connectivity index (χ1v) is 6.75. The Bertz CT molecular complexity index is 716. The van der Waals surface area contributed by atoms with Gasteiger partial charge in [0.2, 0.25) is 0 Å². The van der Waals surface area contributed by atoms with Gasteiger partial charge in [0.05, 0.1) is 11.6 Å². The number of benzene rings is 1. The van der Waals surface area contributed by atoms with E-state index in [2.05, 4.69) is 39.6 Å². The van der Waals surface area contributed by atoms with Crippen molar-refractivity contribution in [2.24, 2.45) is 5.10 Å². The van der Waals surface area contributed by atoms with Crippen LogP contribution in [0.15, 0.2) is 47.1 Å². The Morgan fingerprint density at radius 3 is 2.84 bits per heavy atom. The monoisotopic (exact) mass is 268 g/mol. The Morgan fingerprint density at radius 1 is 1.16 bits per heavy atom. The molecule has 0 spiro atoms. The number of fused-ring (bicyclic) bond motifs is 1. The Morgan fingerprint density at radius 2 is 2.00 bits per heavy atom. The van der Waals surface area contributed by atoms with Crippen molar-refractivity contribution in [2.75, 3.05) is 5.43 Å². The number of anilines is 1. The zero-order chi connectivity index (χ0) is 13.1. The van der Waals surface area contributed by atoms with Gasteiger partial charge in [-0.25, -0.2) is 9.97 Å². The number of aryl methyl sites for hydroxylation is 1. The number of thiophene rings is 1. The van der Waals surface area contributed by atoms with E-state index in [-0.39, 0.29) is 0 Å². The van der Waals surface area contributed by atoms with Gasteiger partial charge in [-0.3, -0.25) is 5.43 Å². The van der Waals surface area contributed by atoms with Gasteiger partial charge in [0.1, 0.15) is 11.2 Å². The first-order valence-electron chi connectivity index (χ1n) is 5.87. The summed E-state index contributed by atoms with van der Waals surface area (Å²) in [4.78, 5) is 9.35. The molecule has 2 aromatic heterocycles. The molecule has 0 unspecified atom stereocenters. The summed E-state index contributed by atoms with van der Waals surface area (Å²) in [6.07, 6.45) is 3.32. The van der Waals surface area contributed by atoms with Gasteiger partial charge < -0.3 is 0 Å². The molecule has 5 heteroatoms. The van der Waals surface area contributed by atoms with Gasteiger partial charge >= 0.3 is 0 Å². The van der Waals surface area contributed by atoms with Crippen molar-refractivity contribution in [2.45, 2.75) is 6.92 Å². The highest BCUT2D eigenvalue weighted by Gasteiger charge is 2.02. The molecule has 94 valence electrons. The van der Waals surface area contributed by atoms with Crippen LogP contribution in [0.3, 0.4) is 0 Å². The van der Waals surface area contributed by atoms with E-state index in [0.29, 0.717) is 0 Å². The van der Waals surface area contributed by atoms with Crippen molar-refractivity contribution >= 4 is 33.6 Å². The third kappa shape index (κ3) is 2.61. The van der Waals surface area contributed by atoms with Crippen molar-refractivity contribution in [3.8, 4) is 0 Å². The highest BCUT2D eigenvalue weighted by atomic mass is 32.1. The van der Waals surface area contributed by atoms with Crippen LogP contribution in [0.4, 0.5) is 5.82 Å². The Kier molecular flexibility index (Phi) is 3.20. The fraction of sp³-hybridized carbons (Fsp3) is 0.0714. The molecule has 4 nitrogen and oxygen atoms in total. The fourth-order valence-corrected chi connectivity index (χ4v) is 2.43. The smallest absolute Gasteiger partial charge is 0.158 e. The van der Waals surface area contributed by atoms with Crippen LogP contribution in [0, 0.1) is 6.92 Å². The largest absolute Gasteiger partial charge is 0.261 e. The molecule has 19 heavy (non-hydrogen) atoms. The second kappa shape index (κ2) is 5.16. The summed E-state index contributed by atoms with van der Waals surface area (Å²) in [6, 6.07) is 10.2. The molecule has 0 aliphatic rings. The number of hydrogen-bond acceptors (Lipinski definition) is 5. The summed E-state index contributed by atoms with van der Waals surface area (Å²) >= 11 is 1.59. The van der Waals surface area contributed by atoms with Gasteiger partial charge in [0.15, 0.2) is 5.82 Å². The molecule has 0 radical (unpaired) electrons.